The van der Waals surface area contributed by atoms with E-state index in [0.29, 0.717) is 6.54 Å². The van der Waals surface area contributed by atoms with Crippen molar-refractivity contribution in [3.63, 3.8) is 0 Å². The van der Waals surface area contributed by atoms with Crippen LogP contribution in [0.15, 0.2) is 67.0 Å². The summed E-state index contributed by atoms with van der Waals surface area (Å²) in [4.78, 5) is 4.46. The summed E-state index contributed by atoms with van der Waals surface area (Å²) in [5, 5.41) is 8.41. The third-order valence-corrected chi connectivity index (χ3v) is 4.90. The lowest BCUT2D eigenvalue weighted by Gasteiger charge is -2.09. The summed E-state index contributed by atoms with van der Waals surface area (Å²) in [7, 11) is 0. The Labute approximate surface area is 152 Å². The van der Waals surface area contributed by atoms with Crippen molar-refractivity contribution in [3.05, 3.63) is 78.4 Å². The number of para-hydroxylation sites is 1. The zero-order valence-electron chi connectivity index (χ0n) is 14.5. The SMILES string of the molecule is c1ccc(-n2nc(CC3CC3)cc2NCc2cnc3ccccn23)cc1. The quantitative estimate of drug-likeness (QED) is 0.574. The van der Waals surface area contributed by atoms with Crippen molar-refractivity contribution < 1.29 is 0 Å². The maximum Gasteiger partial charge on any atom is 0.136 e. The fourth-order valence-electron chi connectivity index (χ4n) is 3.34. The summed E-state index contributed by atoms with van der Waals surface area (Å²) in [6.07, 6.45) is 7.72. The predicted octanol–water partition coefficient (Wildman–Crippen LogP) is 4.08. The van der Waals surface area contributed by atoms with E-state index in [1.165, 1.54) is 12.8 Å². The van der Waals surface area contributed by atoms with Crippen LogP contribution in [-0.4, -0.2) is 19.2 Å². The predicted molar refractivity (Wildman–Crippen MR) is 103 cm³/mol. The Morgan fingerprint density at radius 1 is 1.04 bits per heavy atom. The van der Waals surface area contributed by atoms with Gasteiger partial charge in [-0.25, -0.2) is 9.67 Å². The molecule has 1 aliphatic rings. The van der Waals surface area contributed by atoms with Gasteiger partial charge in [0.15, 0.2) is 0 Å². The molecular weight excluding hydrogens is 322 g/mol. The van der Waals surface area contributed by atoms with Gasteiger partial charge in [0.25, 0.3) is 0 Å². The zero-order chi connectivity index (χ0) is 17.3. The first-order valence-corrected chi connectivity index (χ1v) is 9.16. The molecular formula is C21H21N5. The summed E-state index contributed by atoms with van der Waals surface area (Å²) in [5.41, 5.74) is 4.34. The van der Waals surface area contributed by atoms with Crippen LogP contribution >= 0.6 is 0 Å². The molecule has 5 nitrogen and oxygen atoms in total. The molecule has 1 aliphatic carbocycles. The van der Waals surface area contributed by atoms with Gasteiger partial charge in [0, 0.05) is 12.3 Å². The summed E-state index contributed by atoms with van der Waals surface area (Å²) in [5.74, 6) is 1.85. The van der Waals surface area contributed by atoms with Gasteiger partial charge in [-0.1, -0.05) is 24.3 Å². The topological polar surface area (TPSA) is 47.2 Å². The molecule has 1 fully saturated rings. The Bertz CT molecular complexity index is 1030. The fraction of sp³-hybridized carbons (Fsp3) is 0.238. The molecule has 0 spiro atoms. The van der Waals surface area contributed by atoms with E-state index in [4.69, 9.17) is 5.10 Å². The number of pyridine rings is 1. The van der Waals surface area contributed by atoms with Gasteiger partial charge >= 0.3 is 0 Å². The minimum atomic E-state index is 0.701. The van der Waals surface area contributed by atoms with Gasteiger partial charge in [-0.15, -0.1) is 0 Å². The normalized spacial score (nSPS) is 14.0. The molecule has 0 saturated heterocycles. The lowest BCUT2D eigenvalue weighted by atomic mass is 10.2. The van der Waals surface area contributed by atoms with Crippen LogP contribution in [0.4, 0.5) is 5.82 Å². The van der Waals surface area contributed by atoms with E-state index in [-0.39, 0.29) is 0 Å². The van der Waals surface area contributed by atoms with Crippen molar-refractivity contribution in [3.8, 4) is 5.69 Å². The molecule has 130 valence electrons. The van der Waals surface area contributed by atoms with Crippen LogP contribution < -0.4 is 5.32 Å². The number of aromatic nitrogens is 4. The van der Waals surface area contributed by atoms with E-state index in [2.05, 4.69) is 32.9 Å². The van der Waals surface area contributed by atoms with Crippen molar-refractivity contribution in [2.24, 2.45) is 5.92 Å². The molecule has 0 unspecified atom stereocenters. The van der Waals surface area contributed by atoms with Gasteiger partial charge in [0.1, 0.15) is 11.5 Å². The second kappa shape index (κ2) is 6.33. The van der Waals surface area contributed by atoms with E-state index in [1.54, 1.807) is 0 Å². The molecule has 3 heterocycles. The van der Waals surface area contributed by atoms with Crippen LogP contribution in [0.1, 0.15) is 24.2 Å². The Morgan fingerprint density at radius 2 is 1.88 bits per heavy atom. The maximum absolute atomic E-state index is 4.85. The minimum absolute atomic E-state index is 0.701. The average molecular weight is 343 g/mol. The Balaban J connectivity index is 1.44. The molecule has 4 aromatic rings. The Hall–Kier alpha value is -3.08. The van der Waals surface area contributed by atoms with Crippen LogP contribution in [0, 0.1) is 5.92 Å². The molecule has 26 heavy (non-hydrogen) atoms. The molecule has 1 saturated carbocycles. The van der Waals surface area contributed by atoms with Gasteiger partial charge in [0.2, 0.25) is 0 Å². The summed E-state index contributed by atoms with van der Waals surface area (Å²) in [6, 6.07) is 18.6. The van der Waals surface area contributed by atoms with E-state index >= 15 is 0 Å². The second-order valence-electron chi connectivity index (χ2n) is 6.95. The number of anilines is 1. The lowest BCUT2D eigenvalue weighted by Crippen LogP contribution is -2.07. The van der Waals surface area contributed by atoms with Crippen LogP contribution in [0.3, 0.4) is 0 Å². The Kier molecular flexibility index (Phi) is 3.70. The molecule has 0 radical (unpaired) electrons. The van der Waals surface area contributed by atoms with Crippen LogP contribution in [0.25, 0.3) is 11.3 Å². The number of fused-ring (bicyclic) bond motifs is 1. The Morgan fingerprint density at radius 3 is 2.73 bits per heavy atom. The standard InChI is InChI=1S/C21H21N5/c1-2-6-18(7-3-1)26-21(13-17(24-26)12-16-9-10-16)23-15-19-14-22-20-8-4-5-11-25(19)20/h1-8,11,13-14,16,23H,9-10,12,15H2. The van der Waals surface area contributed by atoms with Gasteiger partial charge in [-0.05, 0) is 49.4 Å². The molecule has 0 aliphatic heterocycles. The van der Waals surface area contributed by atoms with E-state index in [1.807, 2.05) is 53.5 Å². The molecule has 3 aromatic heterocycles. The minimum Gasteiger partial charge on any atom is -0.364 e. The number of imidazole rings is 1. The smallest absolute Gasteiger partial charge is 0.136 e. The monoisotopic (exact) mass is 343 g/mol. The van der Waals surface area contributed by atoms with Gasteiger partial charge in [-0.2, -0.15) is 5.10 Å². The summed E-state index contributed by atoms with van der Waals surface area (Å²) in [6.45, 7) is 0.701. The molecule has 0 amide bonds. The summed E-state index contributed by atoms with van der Waals surface area (Å²) < 4.78 is 4.13. The highest BCUT2D eigenvalue weighted by atomic mass is 15.3. The van der Waals surface area contributed by atoms with Gasteiger partial charge < -0.3 is 9.72 Å². The number of nitrogens with zero attached hydrogens (tertiary/aromatic N) is 4. The average Bonchev–Trinajstić information content (AvgIpc) is 3.26. The van der Waals surface area contributed by atoms with Crippen molar-refractivity contribution in [2.45, 2.75) is 25.8 Å². The molecule has 1 N–H and O–H groups in total. The molecule has 5 heteroatoms. The van der Waals surface area contributed by atoms with E-state index in [9.17, 15) is 0 Å². The molecule has 1 aromatic carbocycles. The highest BCUT2D eigenvalue weighted by Gasteiger charge is 2.23. The second-order valence-corrected chi connectivity index (χ2v) is 6.95. The number of hydrogen-bond acceptors (Lipinski definition) is 3. The first-order chi connectivity index (χ1) is 12.9. The van der Waals surface area contributed by atoms with Crippen molar-refractivity contribution in [1.82, 2.24) is 19.2 Å². The first kappa shape index (κ1) is 15.2. The molecule has 0 bridgehead atoms. The van der Waals surface area contributed by atoms with Crippen LogP contribution in [0.5, 0.6) is 0 Å². The van der Waals surface area contributed by atoms with Gasteiger partial charge in [-0.3, -0.25) is 0 Å². The highest BCUT2D eigenvalue weighted by Crippen LogP contribution is 2.33. The van der Waals surface area contributed by atoms with Gasteiger partial charge in [0.05, 0.1) is 29.8 Å². The molecule has 0 atom stereocenters. The summed E-state index contributed by atoms with van der Waals surface area (Å²) >= 11 is 0. The van der Waals surface area contributed by atoms with Crippen LogP contribution in [-0.2, 0) is 13.0 Å². The van der Waals surface area contributed by atoms with Crippen molar-refractivity contribution >= 4 is 11.5 Å². The largest absolute Gasteiger partial charge is 0.364 e. The lowest BCUT2D eigenvalue weighted by molar-refractivity contribution is 0.766. The van der Waals surface area contributed by atoms with E-state index in [0.717, 1.165) is 40.9 Å². The number of benzene rings is 1. The molecule has 5 rings (SSSR count). The first-order valence-electron chi connectivity index (χ1n) is 9.16. The number of rotatable bonds is 6. The van der Waals surface area contributed by atoms with Crippen molar-refractivity contribution in [2.75, 3.05) is 5.32 Å². The number of nitrogens with one attached hydrogen (secondary N) is 1. The van der Waals surface area contributed by atoms with E-state index < -0.39 is 0 Å². The maximum atomic E-state index is 4.85. The highest BCUT2D eigenvalue weighted by molar-refractivity contribution is 5.47. The van der Waals surface area contributed by atoms with Crippen LogP contribution in [0.2, 0.25) is 0 Å². The third-order valence-electron chi connectivity index (χ3n) is 4.90. The third kappa shape index (κ3) is 2.96. The number of hydrogen-bond donors (Lipinski definition) is 1. The zero-order valence-corrected chi connectivity index (χ0v) is 14.5. The van der Waals surface area contributed by atoms with Crippen molar-refractivity contribution in [1.29, 1.82) is 0 Å². The fourth-order valence-corrected chi connectivity index (χ4v) is 3.34.